The smallest absolute Gasteiger partial charge is 0.326 e. The highest BCUT2D eigenvalue weighted by Gasteiger charge is 2.14. The molecule has 0 unspecified atom stereocenters. The van der Waals surface area contributed by atoms with Crippen molar-refractivity contribution in [1.82, 2.24) is 9.72 Å². The summed E-state index contributed by atoms with van der Waals surface area (Å²) >= 11 is 7.25. The number of hydrogen-bond acceptors (Lipinski definition) is 6. The molecule has 0 N–H and O–H groups in total. The fourth-order valence-corrected chi connectivity index (χ4v) is 3.39. The summed E-state index contributed by atoms with van der Waals surface area (Å²) in [5, 5.41) is 4.04. The van der Waals surface area contributed by atoms with E-state index in [9.17, 15) is 9.59 Å². The van der Waals surface area contributed by atoms with E-state index < -0.39 is 11.9 Å². The number of rotatable bonds is 4. The number of carbonyl (C=O) groups excluding carboxylic acids is 2. The van der Waals surface area contributed by atoms with E-state index in [-0.39, 0.29) is 18.9 Å². The van der Waals surface area contributed by atoms with Crippen LogP contribution >= 0.6 is 22.9 Å². The standard InChI is InChI=1S/C15H12ClN3O4S/c1-2-22-13(20)8-19-10-4-3-9(16)7-12(10)24-15(19)18-14(21)11-5-6-17-23-11/h3-7H,2,8H2,1H3. The van der Waals surface area contributed by atoms with Gasteiger partial charge in [-0.3, -0.25) is 9.59 Å². The van der Waals surface area contributed by atoms with Crippen molar-refractivity contribution in [2.75, 3.05) is 6.61 Å². The molecule has 3 aromatic rings. The van der Waals surface area contributed by atoms with Gasteiger partial charge in [-0.25, -0.2) is 0 Å². The van der Waals surface area contributed by atoms with E-state index in [1.165, 1.54) is 23.6 Å². The van der Waals surface area contributed by atoms with Crippen LogP contribution in [0, 0.1) is 0 Å². The maximum Gasteiger partial charge on any atom is 0.326 e. The van der Waals surface area contributed by atoms with Crippen LogP contribution in [0.3, 0.4) is 0 Å². The summed E-state index contributed by atoms with van der Waals surface area (Å²) in [5.74, 6) is -0.975. The number of ether oxygens (including phenoxy) is 1. The van der Waals surface area contributed by atoms with Gasteiger partial charge in [-0.05, 0) is 25.1 Å². The molecule has 0 radical (unpaired) electrons. The summed E-state index contributed by atoms with van der Waals surface area (Å²) in [6, 6.07) is 6.65. The molecule has 0 spiro atoms. The van der Waals surface area contributed by atoms with Gasteiger partial charge in [-0.2, -0.15) is 4.99 Å². The van der Waals surface area contributed by atoms with Crippen molar-refractivity contribution in [2.24, 2.45) is 4.99 Å². The fraction of sp³-hybridized carbons (Fsp3) is 0.200. The van der Waals surface area contributed by atoms with Crippen LogP contribution in [0.15, 0.2) is 40.0 Å². The molecule has 24 heavy (non-hydrogen) atoms. The van der Waals surface area contributed by atoms with Crippen molar-refractivity contribution in [2.45, 2.75) is 13.5 Å². The normalized spacial score (nSPS) is 11.8. The first-order valence-corrected chi connectivity index (χ1v) is 8.22. The van der Waals surface area contributed by atoms with E-state index in [2.05, 4.69) is 10.1 Å². The Morgan fingerprint density at radius 3 is 2.96 bits per heavy atom. The highest BCUT2D eigenvalue weighted by Crippen LogP contribution is 2.22. The Hall–Kier alpha value is -2.45. The van der Waals surface area contributed by atoms with Crippen LogP contribution in [0.2, 0.25) is 5.02 Å². The molecular formula is C15H12ClN3O4S. The van der Waals surface area contributed by atoms with Gasteiger partial charge in [0.1, 0.15) is 6.54 Å². The summed E-state index contributed by atoms with van der Waals surface area (Å²) in [5.41, 5.74) is 0.738. The average Bonchev–Trinajstić information content (AvgIpc) is 3.16. The molecule has 124 valence electrons. The number of esters is 1. The molecule has 7 nitrogen and oxygen atoms in total. The molecule has 0 aliphatic rings. The molecule has 0 aliphatic carbocycles. The molecule has 9 heteroatoms. The fourth-order valence-electron chi connectivity index (χ4n) is 2.09. The van der Waals surface area contributed by atoms with Gasteiger partial charge in [-0.15, -0.1) is 0 Å². The van der Waals surface area contributed by atoms with E-state index in [4.69, 9.17) is 20.9 Å². The lowest BCUT2D eigenvalue weighted by Gasteiger charge is -2.04. The minimum absolute atomic E-state index is 0.0215. The number of thiazole rings is 1. The van der Waals surface area contributed by atoms with Gasteiger partial charge in [0.25, 0.3) is 0 Å². The van der Waals surface area contributed by atoms with E-state index in [1.807, 2.05) is 0 Å². The van der Waals surface area contributed by atoms with Crippen LogP contribution in [0.4, 0.5) is 0 Å². The van der Waals surface area contributed by atoms with Gasteiger partial charge in [0.2, 0.25) is 5.76 Å². The number of halogens is 1. The van der Waals surface area contributed by atoms with Crippen molar-refractivity contribution < 1.29 is 18.8 Å². The molecule has 2 aromatic heterocycles. The molecule has 3 rings (SSSR count). The highest BCUT2D eigenvalue weighted by molar-refractivity contribution is 7.16. The Bertz CT molecular complexity index is 959. The summed E-state index contributed by atoms with van der Waals surface area (Å²) in [4.78, 5) is 28.4. The van der Waals surface area contributed by atoms with E-state index >= 15 is 0 Å². The Labute approximate surface area is 145 Å². The van der Waals surface area contributed by atoms with Crippen molar-refractivity contribution in [3.05, 3.63) is 46.0 Å². The quantitative estimate of drug-likeness (QED) is 0.663. The number of fused-ring (bicyclic) bond motifs is 1. The van der Waals surface area contributed by atoms with Crippen molar-refractivity contribution in [3.8, 4) is 0 Å². The predicted octanol–water partition coefficient (Wildman–Crippen LogP) is 2.65. The van der Waals surface area contributed by atoms with Crippen molar-refractivity contribution in [1.29, 1.82) is 0 Å². The van der Waals surface area contributed by atoms with Crippen molar-refractivity contribution in [3.63, 3.8) is 0 Å². The lowest BCUT2D eigenvalue weighted by atomic mass is 10.3. The average molecular weight is 366 g/mol. The summed E-state index contributed by atoms with van der Waals surface area (Å²) in [6.07, 6.45) is 1.36. The molecule has 0 saturated heterocycles. The second kappa shape index (κ2) is 6.98. The Morgan fingerprint density at radius 1 is 1.42 bits per heavy atom. The number of carbonyl (C=O) groups is 2. The lowest BCUT2D eigenvalue weighted by Crippen LogP contribution is -2.23. The monoisotopic (exact) mass is 365 g/mol. The van der Waals surface area contributed by atoms with Crippen LogP contribution in [0.1, 0.15) is 17.5 Å². The third kappa shape index (κ3) is 3.39. The first kappa shape index (κ1) is 16.4. The second-order valence-electron chi connectivity index (χ2n) is 4.68. The second-order valence-corrected chi connectivity index (χ2v) is 6.13. The lowest BCUT2D eigenvalue weighted by molar-refractivity contribution is -0.143. The molecular weight excluding hydrogens is 354 g/mol. The minimum Gasteiger partial charge on any atom is -0.465 e. The Morgan fingerprint density at radius 2 is 2.25 bits per heavy atom. The van der Waals surface area contributed by atoms with Gasteiger partial charge in [0.05, 0.1) is 23.0 Å². The molecule has 1 aromatic carbocycles. The Kier molecular flexibility index (Phi) is 4.77. The third-order valence-electron chi connectivity index (χ3n) is 3.08. The van der Waals surface area contributed by atoms with Crippen molar-refractivity contribution >= 4 is 45.0 Å². The summed E-state index contributed by atoms with van der Waals surface area (Å²) < 4.78 is 12.2. The molecule has 0 bridgehead atoms. The van der Waals surface area contributed by atoms with Crippen LogP contribution in [0.25, 0.3) is 10.2 Å². The minimum atomic E-state index is -0.581. The highest BCUT2D eigenvalue weighted by atomic mass is 35.5. The van der Waals surface area contributed by atoms with Gasteiger partial charge in [0.15, 0.2) is 4.80 Å². The number of amides is 1. The number of nitrogens with zero attached hydrogens (tertiary/aromatic N) is 3. The van der Waals surface area contributed by atoms with E-state index in [0.717, 1.165) is 10.2 Å². The van der Waals surface area contributed by atoms with Crippen LogP contribution in [0.5, 0.6) is 0 Å². The van der Waals surface area contributed by atoms with Crippen LogP contribution in [-0.2, 0) is 16.1 Å². The largest absolute Gasteiger partial charge is 0.465 e. The maximum atomic E-state index is 12.1. The number of aromatic nitrogens is 2. The number of hydrogen-bond donors (Lipinski definition) is 0. The Balaban J connectivity index is 2.11. The summed E-state index contributed by atoms with van der Waals surface area (Å²) in [7, 11) is 0. The van der Waals surface area contributed by atoms with Gasteiger partial charge >= 0.3 is 11.9 Å². The van der Waals surface area contributed by atoms with Gasteiger partial charge in [0, 0.05) is 11.1 Å². The summed E-state index contributed by atoms with van der Waals surface area (Å²) in [6.45, 7) is 1.95. The molecule has 0 atom stereocenters. The third-order valence-corrected chi connectivity index (χ3v) is 4.36. The van der Waals surface area contributed by atoms with Gasteiger partial charge in [-0.1, -0.05) is 28.1 Å². The van der Waals surface area contributed by atoms with Crippen LogP contribution < -0.4 is 4.80 Å². The SMILES string of the molecule is CCOC(=O)Cn1c(=NC(=O)c2ccno2)sc2cc(Cl)ccc21. The van der Waals surface area contributed by atoms with Crippen LogP contribution in [-0.4, -0.2) is 28.2 Å². The molecule has 0 saturated carbocycles. The molecule has 2 heterocycles. The molecule has 0 aliphatic heterocycles. The first-order chi connectivity index (χ1) is 11.6. The number of benzene rings is 1. The predicted molar refractivity (Wildman–Crippen MR) is 87.9 cm³/mol. The van der Waals surface area contributed by atoms with E-state index in [1.54, 1.807) is 29.7 Å². The zero-order valence-corrected chi connectivity index (χ0v) is 14.1. The van der Waals surface area contributed by atoms with E-state index in [0.29, 0.717) is 9.82 Å². The zero-order valence-electron chi connectivity index (χ0n) is 12.6. The van der Waals surface area contributed by atoms with Gasteiger partial charge < -0.3 is 13.8 Å². The molecule has 1 amide bonds. The maximum absolute atomic E-state index is 12.1. The molecule has 0 fully saturated rings. The topological polar surface area (TPSA) is 86.7 Å². The zero-order chi connectivity index (χ0) is 17.1. The first-order valence-electron chi connectivity index (χ1n) is 7.02.